The summed E-state index contributed by atoms with van der Waals surface area (Å²) in [7, 11) is 1.61. The Kier molecular flexibility index (Phi) is 6.26. The van der Waals surface area contributed by atoms with Gasteiger partial charge in [0.1, 0.15) is 5.75 Å². The standard InChI is InChI=1S/C16H14ClN5O2S2/c1-24-11-5-2-4-10(8-11)19-15-21-22-16(26-15)25-9-13(23)20-12-6-3-7-18-14(12)17/h2-8H,9H2,1H3,(H,19,21)(H,20,23). The summed E-state index contributed by atoms with van der Waals surface area (Å²) in [5.41, 5.74) is 1.33. The highest BCUT2D eigenvalue weighted by atomic mass is 35.5. The molecule has 1 aromatic carbocycles. The van der Waals surface area contributed by atoms with Gasteiger partial charge in [-0.3, -0.25) is 4.79 Å². The number of hydrogen-bond donors (Lipinski definition) is 2. The molecule has 2 heterocycles. The second-order valence-electron chi connectivity index (χ2n) is 4.91. The van der Waals surface area contributed by atoms with E-state index in [2.05, 4.69) is 25.8 Å². The molecule has 2 N–H and O–H groups in total. The Hall–Kier alpha value is -2.36. The van der Waals surface area contributed by atoms with Crippen LogP contribution in [0.2, 0.25) is 5.15 Å². The van der Waals surface area contributed by atoms with Gasteiger partial charge >= 0.3 is 0 Å². The van der Waals surface area contributed by atoms with Crippen LogP contribution in [-0.2, 0) is 4.79 Å². The summed E-state index contributed by atoms with van der Waals surface area (Å²) in [6, 6.07) is 10.9. The van der Waals surface area contributed by atoms with Crippen molar-refractivity contribution in [3.63, 3.8) is 0 Å². The maximum Gasteiger partial charge on any atom is 0.234 e. The molecule has 134 valence electrons. The molecule has 2 aromatic heterocycles. The number of amides is 1. The molecule has 0 aliphatic carbocycles. The molecule has 0 aliphatic rings. The molecule has 26 heavy (non-hydrogen) atoms. The van der Waals surface area contributed by atoms with Crippen LogP contribution in [0.15, 0.2) is 46.9 Å². The van der Waals surface area contributed by atoms with Gasteiger partial charge in [-0.25, -0.2) is 4.98 Å². The zero-order chi connectivity index (χ0) is 18.4. The molecule has 0 saturated heterocycles. The van der Waals surface area contributed by atoms with Crippen molar-refractivity contribution in [1.82, 2.24) is 15.2 Å². The van der Waals surface area contributed by atoms with E-state index in [4.69, 9.17) is 16.3 Å². The number of methoxy groups -OCH3 is 1. The average Bonchev–Trinajstić information content (AvgIpc) is 3.09. The minimum Gasteiger partial charge on any atom is -0.497 e. The molecule has 0 radical (unpaired) electrons. The Bertz CT molecular complexity index is 906. The number of benzene rings is 1. The lowest BCUT2D eigenvalue weighted by Crippen LogP contribution is -2.14. The van der Waals surface area contributed by atoms with E-state index >= 15 is 0 Å². The van der Waals surface area contributed by atoms with Crippen LogP contribution in [0.3, 0.4) is 0 Å². The zero-order valence-electron chi connectivity index (χ0n) is 13.6. The maximum atomic E-state index is 12.0. The summed E-state index contributed by atoms with van der Waals surface area (Å²) in [4.78, 5) is 15.9. The van der Waals surface area contributed by atoms with E-state index in [0.29, 0.717) is 15.2 Å². The number of nitrogens with zero attached hydrogens (tertiary/aromatic N) is 3. The van der Waals surface area contributed by atoms with Crippen LogP contribution in [0.5, 0.6) is 5.75 Å². The lowest BCUT2D eigenvalue weighted by molar-refractivity contribution is -0.113. The molecule has 1 amide bonds. The molecule has 0 aliphatic heterocycles. The number of carbonyl (C=O) groups is 1. The van der Waals surface area contributed by atoms with Gasteiger partial charge in [-0.1, -0.05) is 40.8 Å². The highest BCUT2D eigenvalue weighted by Crippen LogP contribution is 2.29. The van der Waals surface area contributed by atoms with Crippen molar-refractivity contribution in [1.29, 1.82) is 0 Å². The summed E-state index contributed by atoms with van der Waals surface area (Å²) in [6.07, 6.45) is 1.56. The van der Waals surface area contributed by atoms with Crippen LogP contribution in [0.4, 0.5) is 16.5 Å². The SMILES string of the molecule is COc1cccc(Nc2nnc(SCC(=O)Nc3cccnc3Cl)s2)c1. The largest absolute Gasteiger partial charge is 0.497 e. The third-order valence-electron chi connectivity index (χ3n) is 3.09. The smallest absolute Gasteiger partial charge is 0.234 e. The monoisotopic (exact) mass is 407 g/mol. The minimum absolute atomic E-state index is 0.192. The fraction of sp³-hybridized carbons (Fsp3) is 0.125. The van der Waals surface area contributed by atoms with Crippen molar-refractivity contribution in [3.8, 4) is 5.75 Å². The van der Waals surface area contributed by atoms with Gasteiger partial charge < -0.3 is 15.4 Å². The number of halogens is 1. The van der Waals surface area contributed by atoms with E-state index in [0.717, 1.165) is 11.4 Å². The van der Waals surface area contributed by atoms with Crippen LogP contribution in [0, 0.1) is 0 Å². The van der Waals surface area contributed by atoms with Gasteiger partial charge in [0.05, 0.1) is 18.6 Å². The number of thioether (sulfide) groups is 1. The number of nitrogens with one attached hydrogen (secondary N) is 2. The second kappa shape index (κ2) is 8.84. The fourth-order valence-electron chi connectivity index (χ4n) is 1.94. The van der Waals surface area contributed by atoms with Crippen molar-refractivity contribution in [2.75, 3.05) is 23.5 Å². The molecule has 0 bridgehead atoms. The zero-order valence-corrected chi connectivity index (χ0v) is 16.0. The molecule has 3 rings (SSSR count). The molecule has 3 aromatic rings. The van der Waals surface area contributed by atoms with Gasteiger partial charge in [0.25, 0.3) is 0 Å². The first-order chi connectivity index (χ1) is 12.6. The van der Waals surface area contributed by atoms with E-state index in [1.54, 1.807) is 25.4 Å². The quantitative estimate of drug-likeness (QED) is 0.450. The van der Waals surface area contributed by atoms with Crippen molar-refractivity contribution in [3.05, 3.63) is 47.7 Å². The van der Waals surface area contributed by atoms with Crippen molar-refractivity contribution >= 4 is 57.1 Å². The fourth-order valence-corrected chi connectivity index (χ4v) is 3.67. The highest BCUT2D eigenvalue weighted by Gasteiger charge is 2.10. The minimum atomic E-state index is -0.192. The Morgan fingerprint density at radius 3 is 3.00 bits per heavy atom. The summed E-state index contributed by atoms with van der Waals surface area (Å²) in [5, 5.41) is 14.9. The molecule has 0 saturated carbocycles. The van der Waals surface area contributed by atoms with Crippen LogP contribution in [0.25, 0.3) is 0 Å². The number of rotatable bonds is 7. The number of aromatic nitrogens is 3. The first-order valence-corrected chi connectivity index (χ1v) is 9.60. The summed E-state index contributed by atoms with van der Waals surface area (Å²) >= 11 is 8.58. The van der Waals surface area contributed by atoms with Crippen LogP contribution in [-0.4, -0.2) is 34.0 Å². The van der Waals surface area contributed by atoms with Crippen molar-refractivity contribution in [2.45, 2.75) is 4.34 Å². The molecule has 0 atom stereocenters. The van der Waals surface area contributed by atoms with Crippen molar-refractivity contribution < 1.29 is 9.53 Å². The Balaban J connectivity index is 1.53. The number of pyridine rings is 1. The first-order valence-electron chi connectivity index (χ1n) is 7.42. The summed E-state index contributed by atoms with van der Waals surface area (Å²) in [6.45, 7) is 0. The predicted octanol–water partition coefficient (Wildman–Crippen LogP) is 4.07. The predicted molar refractivity (Wildman–Crippen MR) is 105 cm³/mol. The van der Waals surface area contributed by atoms with E-state index in [1.807, 2.05) is 24.3 Å². The highest BCUT2D eigenvalue weighted by molar-refractivity contribution is 8.01. The number of carbonyl (C=O) groups excluding carboxylic acids is 1. The number of ether oxygens (including phenoxy) is 1. The molecule has 0 unspecified atom stereocenters. The van der Waals surface area contributed by atoms with Gasteiger partial charge in [-0.15, -0.1) is 10.2 Å². The lowest BCUT2D eigenvalue weighted by Gasteiger charge is -2.05. The Morgan fingerprint density at radius 2 is 2.19 bits per heavy atom. The normalized spacial score (nSPS) is 10.4. The first kappa shape index (κ1) is 18.4. The topological polar surface area (TPSA) is 89.0 Å². The van der Waals surface area contributed by atoms with Gasteiger partial charge in [-0.05, 0) is 24.3 Å². The summed E-state index contributed by atoms with van der Waals surface area (Å²) < 4.78 is 5.87. The van der Waals surface area contributed by atoms with E-state index in [9.17, 15) is 4.79 Å². The molecule has 0 spiro atoms. The maximum absolute atomic E-state index is 12.0. The Morgan fingerprint density at radius 1 is 1.31 bits per heavy atom. The molecular weight excluding hydrogens is 394 g/mol. The molecular formula is C16H14ClN5O2S2. The Labute approximate surface area is 163 Å². The van der Waals surface area contributed by atoms with Gasteiger partial charge in [0, 0.05) is 18.0 Å². The van der Waals surface area contributed by atoms with Crippen molar-refractivity contribution in [2.24, 2.45) is 0 Å². The third kappa shape index (κ3) is 5.07. The van der Waals surface area contributed by atoms with E-state index in [1.165, 1.54) is 23.1 Å². The number of anilines is 3. The molecule has 7 nitrogen and oxygen atoms in total. The third-order valence-corrected chi connectivity index (χ3v) is 5.36. The second-order valence-corrected chi connectivity index (χ2v) is 7.47. The van der Waals surface area contributed by atoms with E-state index < -0.39 is 0 Å². The van der Waals surface area contributed by atoms with Crippen LogP contribution < -0.4 is 15.4 Å². The van der Waals surface area contributed by atoms with Crippen LogP contribution >= 0.6 is 34.7 Å². The van der Waals surface area contributed by atoms with Crippen LogP contribution in [0.1, 0.15) is 0 Å². The van der Waals surface area contributed by atoms with Gasteiger partial charge in [-0.2, -0.15) is 0 Å². The van der Waals surface area contributed by atoms with Gasteiger partial charge in [0.2, 0.25) is 11.0 Å². The lowest BCUT2D eigenvalue weighted by atomic mass is 10.3. The summed E-state index contributed by atoms with van der Waals surface area (Å²) in [5.74, 6) is 0.751. The van der Waals surface area contributed by atoms with Gasteiger partial charge in [0.15, 0.2) is 9.49 Å². The number of hydrogen-bond acceptors (Lipinski definition) is 8. The molecule has 10 heteroatoms. The average molecular weight is 408 g/mol. The molecule has 0 fully saturated rings. The van der Waals surface area contributed by atoms with E-state index in [-0.39, 0.29) is 16.8 Å².